The number of carbonyl (C=O) groups is 1. The molecule has 1 saturated heterocycles. The van der Waals surface area contributed by atoms with Gasteiger partial charge >= 0.3 is 0 Å². The van der Waals surface area contributed by atoms with E-state index in [9.17, 15) is 4.79 Å². The maximum absolute atomic E-state index is 12.4. The standard InChI is InChI=1S/C21H29N7O/c1-13-14(2)23-18(20(29)27(3)4)26-19(13)28-10-9-16(12-28)24-21-22-11-15-7-5-6-8-17(15)25-21/h11,16H,5-10,12H2,1-4H3,(H,22,24,25)/t16-/m1/s1. The van der Waals surface area contributed by atoms with Crippen LogP contribution >= 0.6 is 0 Å². The lowest BCUT2D eigenvalue weighted by Crippen LogP contribution is -2.30. The minimum atomic E-state index is -0.175. The van der Waals surface area contributed by atoms with E-state index >= 15 is 0 Å². The van der Waals surface area contributed by atoms with Gasteiger partial charge < -0.3 is 15.1 Å². The molecule has 1 aliphatic carbocycles. The molecule has 0 aromatic carbocycles. The van der Waals surface area contributed by atoms with Gasteiger partial charge in [-0.15, -0.1) is 0 Å². The summed E-state index contributed by atoms with van der Waals surface area (Å²) in [6, 6.07) is 0.249. The minimum absolute atomic E-state index is 0.175. The van der Waals surface area contributed by atoms with Crippen molar-refractivity contribution in [3.8, 4) is 0 Å². The number of aromatic nitrogens is 4. The van der Waals surface area contributed by atoms with Gasteiger partial charge in [-0.05, 0) is 51.5 Å². The van der Waals surface area contributed by atoms with Crippen molar-refractivity contribution in [2.75, 3.05) is 37.4 Å². The zero-order valence-corrected chi connectivity index (χ0v) is 17.7. The molecule has 1 amide bonds. The molecule has 0 spiro atoms. The monoisotopic (exact) mass is 395 g/mol. The lowest BCUT2D eigenvalue weighted by molar-refractivity contribution is 0.0815. The highest BCUT2D eigenvalue weighted by atomic mass is 16.2. The molecule has 1 atom stereocenters. The number of rotatable bonds is 4. The summed E-state index contributed by atoms with van der Waals surface area (Å²) >= 11 is 0. The summed E-state index contributed by atoms with van der Waals surface area (Å²) < 4.78 is 0. The Morgan fingerprint density at radius 1 is 1.17 bits per heavy atom. The summed E-state index contributed by atoms with van der Waals surface area (Å²) in [4.78, 5) is 34.4. The Kier molecular flexibility index (Phi) is 5.34. The fraction of sp³-hybridized carbons (Fsp3) is 0.571. The first kappa shape index (κ1) is 19.5. The van der Waals surface area contributed by atoms with Crippen LogP contribution in [0, 0.1) is 13.8 Å². The molecular formula is C21H29N7O. The largest absolute Gasteiger partial charge is 0.354 e. The van der Waals surface area contributed by atoms with Crippen LogP contribution < -0.4 is 10.2 Å². The second-order valence-corrected chi connectivity index (χ2v) is 8.23. The van der Waals surface area contributed by atoms with Crippen LogP contribution in [-0.4, -0.2) is 64.0 Å². The van der Waals surface area contributed by atoms with Gasteiger partial charge in [0, 0.05) is 56.4 Å². The van der Waals surface area contributed by atoms with Gasteiger partial charge in [-0.1, -0.05) is 0 Å². The molecule has 0 radical (unpaired) electrons. The van der Waals surface area contributed by atoms with Crippen LogP contribution in [0.15, 0.2) is 6.20 Å². The quantitative estimate of drug-likeness (QED) is 0.849. The van der Waals surface area contributed by atoms with Crippen molar-refractivity contribution in [2.24, 2.45) is 0 Å². The fourth-order valence-electron chi connectivity index (χ4n) is 4.02. The topological polar surface area (TPSA) is 87.1 Å². The van der Waals surface area contributed by atoms with Crippen molar-refractivity contribution < 1.29 is 4.79 Å². The predicted octanol–water partition coefficient (Wildman–Crippen LogP) is 2.15. The van der Waals surface area contributed by atoms with Crippen LogP contribution in [0.5, 0.6) is 0 Å². The SMILES string of the molecule is Cc1nc(C(=O)N(C)C)nc(N2CC[C@@H](Nc3ncc4c(n3)CCCC4)C2)c1C. The van der Waals surface area contributed by atoms with Gasteiger partial charge in [0.05, 0.1) is 0 Å². The summed E-state index contributed by atoms with van der Waals surface area (Å²) in [5, 5.41) is 3.50. The van der Waals surface area contributed by atoms with Crippen molar-refractivity contribution in [2.45, 2.75) is 52.0 Å². The Morgan fingerprint density at radius 2 is 1.97 bits per heavy atom. The minimum Gasteiger partial charge on any atom is -0.354 e. The molecule has 8 heteroatoms. The van der Waals surface area contributed by atoms with Crippen molar-refractivity contribution in [3.05, 3.63) is 34.5 Å². The molecule has 8 nitrogen and oxygen atoms in total. The maximum Gasteiger partial charge on any atom is 0.291 e. The molecule has 3 heterocycles. The average Bonchev–Trinajstić information content (AvgIpc) is 3.17. The Morgan fingerprint density at radius 3 is 2.76 bits per heavy atom. The van der Waals surface area contributed by atoms with Gasteiger partial charge in [0.25, 0.3) is 5.91 Å². The molecule has 2 aromatic rings. The fourth-order valence-corrected chi connectivity index (χ4v) is 4.02. The van der Waals surface area contributed by atoms with Crippen molar-refractivity contribution >= 4 is 17.7 Å². The molecule has 0 bridgehead atoms. The summed E-state index contributed by atoms with van der Waals surface area (Å²) in [5.74, 6) is 1.64. The third-order valence-corrected chi connectivity index (χ3v) is 5.85. The Hall–Kier alpha value is -2.77. The summed E-state index contributed by atoms with van der Waals surface area (Å²) in [7, 11) is 3.43. The highest BCUT2D eigenvalue weighted by Crippen LogP contribution is 2.26. The summed E-state index contributed by atoms with van der Waals surface area (Å²) in [6.45, 7) is 5.62. The zero-order valence-electron chi connectivity index (χ0n) is 17.7. The normalized spacial score (nSPS) is 18.5. The molecule has 2 aliphatic rings. The van der Waals surface area contributed by atoms with Gasteiger partial charge in [-0.3, -0.25) is 4.79 Å². The van der Waals surface area contributed by atoms with E-state index in [2.05, 4.69) is 25.2 Å². The smallest absolute Gasteiger partial charge is 0.291 e. The lowest BCUT2D eigenvalue weighted by Gasteiger charge is -2.22. The van der Waals surface area contributed by atoms with Crippen LogP contribution in [0.3, 0.4) is 0 Å². The van der Waals surface area contributed by atoms with Gasteiger partial charge in [-0.25, -0.2) is 19.9 Å². The van der Waals surface area contributed by atoms with Crippen LogP contribution in [0.4, 0.5) is 11.8 Å². The number of aryl methyl sites for hydroxylation is 3. The summed E-state index contributed by atoms with van der Waals surface area (Å²) in [5.41, 5.74) is 4.35. The van der Waals surface area contributed by atoms with Crippen molar-refractivity contribution in [1.29, 1.82) is 0 Å². The zero-order chi connectivity index (χ0) is 20.5. The van der Waals surface area contributed by atoms with Crippen LogP contribution in [0.25, 0.3) is 0 Å². The number of amides is 1. The van der Waals surface area contributed by atoms with E-state index in [4.69, 9.17) is 4.98 Å². The third-order valence-electron chi connectivity index (χ3n) is 5.85. The highest BCUT2D eigenvalue weighted by molar-refractivity contribution is 5.90. The van der Waals surface area contributed by atoms with Gasteiger partial charge in [0.15, 0.2) is 0 Å². The molecule has 1 fully saturated rings. The Labute approximate surface area is 171 Å². The molecule has 0 unspecified atom stereocenters. The average molecular weight is 396 g/mol. The summed E-state index contributed by atoms with van der Waals surface area (Å²) in [6.07, 6.45) is 7.53. The van der Waals surface area contributed by atoms with Gasteiger partial charge in [0.1, 0.15) is 5.82 Å². The van der Waals surface area contributed by atoms with Gasteiger partial charge in [-0.2, -0.15) is 0 Å². The molecule has 4 rings (SSSR count). The predicted molar refractivity (Wildman–Crippen MR) is 112 cm³/mol. The van der Waals surface area contributed by atoms with Crippen molar-refractivity contribution in [1.82, 2.24) is 24.8 Å². The van der Waals surface area contributed by atoms with Crippen LogP contribution in [0.1, 0.15) is 52.4 Å². The van der Waals surface area contributed by atoms with E-state index in [1.54, 1.807) is 14.1 Å². The van der Waals surface area contributed by atoms with E-state index < -0.39 is 0 Å². The van der Waals surface area contributed by atoms with E-state index in [0.717, 1.165) is 55.4 Å². The number of anilines is 2. The van der Waals surface area contributed by atoms with E-state index in [0.29, 0.717) is 0 Å². The molecule has 1 aliphatic heterocycles. The molecule has 154 valence electrons. The number of hydrogen-bond donors (Lipinski definition) is 1. The highest BCUT2D eigenvalue weighted by Gasteiger charge is 2.27. The van der Waals surface area contributed by atoms with Crippen molar-refractivity contribution in [3.63, 3.8) is 0 Å². The first-order valence-corrected chi connectivity index (χ1v) is 10.4. The third kappa shape index (κ3) is 4.02. The van der Waals surface area contributed by atoms with E-state index in [1.807, 2.05) is 20.0 Å². The molecule has 2 aromatic heterocycles. The molecule has 29 heavy (non-hydrogen) atoms. The number of hydrogen-bond acceptors (Lipinski definition) is 7. The Balaban J connectivity index is 1.49. The van der Waals surface area contributed by atoms with E-state index in [1.165, 1.54) is 29.0 Å². The molecule has 0 saturated carbocycles. The number of fused-ring (bicyclic) bond motifs is 1. The first-order valence-electron chi connectivity index (χ1n) is 10.4. The number of nitrogens with zero attached hydrogens (tertiary/aromatic N) is 6. The molecule has 1 N–H and O–H groups in total. The van der Waals surface area contributed by atoms with Crippen LogP contribution in [0.2, 0.25) is 0 Å². The first-order chi connectivity index (χ1) is 13.9. The number of carbonyl (C=O) groups excluding carboxylic acids is 1. The number of nitrogens with one attached hydrogen (secondary N) is 1. The van der Waals surface area contributed by atoms with Gasteiger partial charge in [0.2, 0.25) is 11.8 Å². The second kappa shape index (κ2) is 7.93. The van der Waals surface area contributed by atoms with Crippen LogP contribution in [-0.2, 0) is 12.8 Å². The Bertz CT molecular complexity index is 927. The second-order valence-electron chi connectivity index (χ2n) is 8.23. The lowest BCUT2D eigenvalue weighted by atomic mass is 9.98. The van der Waals surface area contributed by atoms with E-state index in [-0.39, 0.29) is 17.8 Å². The molecular weight excluding hydrogens is 366 g/mol. The maximum atomic E-state index is 12.4.